The van der Waals surface area contributed by atoms with Crippen molar-refractivity contribution in [2.45, 2.75) is 45.2 Å². The first-order chi connectivity index (χ1) is 7.58. The molecule has 0 bridgehead atoms. The molecule has 0 aromatic rings. The molecule has 2 aliphatic rings. The Bertz CT molecular complexity index is 221. The van der Waals surface area contributed by atoms with Gasteiger partial charge in [-0.05, 0) is 46.7 Å². The second-order valence-electron chi connectivity index (χ2n) is 6.09. The molecule has 0 aromatic carbocycles. The van der Waals surface area contributed by atoms with Crippen LogP contribution in [-0.4, -0.2) is 60.6 Å². The highest BCUT2D eigenvalue weighted by Crippen LogP contribution is 2.18. The SMILES string of the molecule is CC1CN(CCN2CCCC2)C(C)(C)CN1. The summed E-state index contributed by atoms with van der Waals surface area (Å²) >= 11 is 0. The Labute approximate surface area is 100 Å². The fourth-order valence-corrected chi connectivity index (χ4v) is 2.84. The van der Waals surface area contributed by atoms with Crippen molar-refractivity contribution in [3.8, 4) is 0 Å². The van der Waals surface area contributed by atoms with E-state index in [-0.39, 0.29) is 0 Å². The summed E-state index contributed by atoms with van der Waals surface area (Å²) in [4.78, 5) is 5.27. The molecule has 0 radical (unpaired) electrons. The summed E-state index contributed by atoms with van der Waals surface area (Å²) in [6.07, 6.45) is 2.81. The summed E-state index contributed by atoms with van der Waals surface area (Å²) < 4.78 is 0. The number of hydrogen-bond acceptors (Lipinski definition) is 3. The van der Waals surface area contributed by atoms with E-state index in [4.69, 9.17) is 0 Å². The number of piperazine rings is 1. The molecule has 16 heavy (non-hydrogen) atoms. The van der Waals surface area contributed by atoms with Gasteiger partial charge in [0.25, 0.3) is 0 Å². The first-order valence-electron chi connectivity index (χ1n) is 6.79. The van der Waals surface area contributed by atoms with Gasteiger partial charge in [0.05, 0.1) is 0 Å². The molecule has 3 nitrogen and oxygen atoms in total. The van der Waals surface area contributed by atoms with Crippen LogP contribution < -0.4 is 5.32 Å². The smallest absolute Gasteiger partial charge is 0.0278 e. The van der Waals surface area contributed by atoms with Crippen molar-refractivity contribution in [2.24, 2.45) is 0 Å². The molecule has 2 rings (SSSR count). The average molecular weight is 225 g/mol. The van der Waals surface area contributed by atoms with Crippen LogP contribution in [0.2, 0.25) is 0 Å². The lowest BCUT2D eigenvalue weighted by atomic mass is 9.98. The topological polar surface area (TPSA) is 18.5 Å². The zero-order chi connectivity index (χ0) is 11.6. The largest absolute Gasteiger partial charge is 0.311 e. The van der Waals surface area contributed by atoms with Gasteiger partial charge in [-0.25, -0.2) is 0 Å². The summed E-state index contributed by atoms with van der Waals surface area (Å²) in [7, 11) is 0. The molecule has 0 aliphatic carbocycles. The number of nitrogens with one attached hydrogen (secondary N) is 1. The van der Waals surface area contributed by atoms with Crippen LogP contribution in [0.15, 0.2) is 0 Å². The van der Waals surface area contributed by atoms with Gasteiger partial charge in [0.15, 0.2) is 0 Å². The Morgan fingerprint density at radius 2 is 1.88 bits per heavy atom. The molecule has 94 valence electrons. The Hall–Kier alpha value is -0.120. The van der Waals surface area contributed by atoms with Crippen molar-refractivity contribution in [2.75, 3.05) is 39.3 Å². The van der Waals surface area contributed by atoms with Gasteiger partial charge in [-0.2, -0.15) is 0 Å². The van der Waals surface area contributed by atoms with Crippen LogP contribution in [0, 0.1) is 0 Å². The van der Waals surface area contributed by atoms with Gasteiger partial charge in [0.2, 0.25) is 0 Å². The quantitative estimate of drug-likeness (QED) is 0.777. The van der Waals surface area contributed by atoms with E-state index in [0.29, 0.717) is 11.6 Å². The second kappa shape index (κ2) is 5.03. The van der Waals surface area contributed by atoms with Crippen LogP contribution in [0.5, 0.6) is 0 Å². The number of likely N-dealkylation sites (tertiary alicyclic amines) is 1. The van der Waals surface area contributed by atoms with E-state index in [1.807, 2.05) is 0 Å². The fourth-order valence-electron chi connectivity index (χ4n) is 2.84. The first kappa shape index (κ1) is 12.3. The molecular weight excluding hydrogens is 198 g/mol. The van der Waals surface area contributed by atoms with Gasteiger partial charge in [0.1, 0.15) is 0 Å². The van der Waals surface area contributed by atoms with Crippen LogP contribution in [0.3, 0.4) is 0 Å². The van der Waals surface area contributed by atoms with E-state index in [0.717, 1.165) is 6.54 Å². The molecule has 1 N–H and O–H groups in total. The minimum absolute atomic E-state index is 0.326. The third-order valence-electron chi connectivity index (χ3n) is 4.12. The highest BCUT2D eigenvalue weighted by molar-refractivity contribution is 4.91. The lowest BCUT2D eigenvalue weighted by Gasteiger charge is -2.46. The summed E-state index contributed by atoms with van der Waals surface area (Å²) in [6.45, 7) is 14.5. The molecule has 2 fully saturated rings. The van der Waals surface area contributed by atoms with Gasteiger partial charge >= 0.3 is 0 Å². The third kappa shape index (κ3) is 2.96. The van der Waals surface area contributed by atoms with E-state index in [1.54, 1.807) is 0 Å². The summed E-state index contributed by atoms with van der Waals surface area (Å²) in [5.41, 5.74) is 0.326. The predicted octanol–water partition coefficient (Wildman–Crippen LogP) is 1.15. The molecule has 0 aromatic heterocycles. The summed E-state index contributed by atoms with van der Waals surface area (Å²) in [6, 6.07) is 0.645. The molecule has 0 amide bonds. The Morgan fingerprint density at radius 1 is 1.19 bits per heavy atom. The van der Waals surface area contributed by atoms with Crippen molar-refractivity contribution in [1.82, 2.24) is 15.1 Å². The summed E-state index contributed by atoms with van der Waals surface area (Å²) in [5, 5.41) is 3.57. The van der Waals surface area contributed by atoms with Crippen LogP contribution >= 0.6 is 0 Å². The van der Waals surface area contributed by atoms with Crippen LogP contribution in [0.1, 0.15) is 33.6 Å². The standard InChI is InChI=1S/C13H27N3/c1-12-10-16(13(2,3)11-14-12)9-8-15-6-4-5-7-15/h12,14H,4-11H2,1-3H3. The van der Waals surface area contributed by atoms with Crippen molar-refractivity contribution in [1.29, 1.82) is 0 Å². The van der Waals surface area contributed by atoms with Crippen LogP contribution in [-0.2, 0) is 0 Å². The Kier molecular flexibility index (Phi) is 3.88. The van der Waals surface area contributed by atoms with E-state index in [9.17, 15) is 0 Å². The first-order valence-corrected chi connectivity index (χ1v) is 6.79. The Balaban J connectivity index is 1.81. The molecule has 2 aliphatic heterocycles. The second-order valence-corrected chi connectivity index (χ2v) is 6.09. The Morgan fingerprint density at radius 3 is 2.56 bits per heavy atom. The lowest BCUT2D eigenvalue weighted by molar-refractivity contribution is 0.0615. The maximum atomic E-state index is 3.57. The van der Waals surface area contributed by atoms with Crippen molar-refractivity contribution in [3.05, 3.63) is 0 Å². The maximum Gasteiger partial charge on any atom is 0.0278 e. The molecule has 0 spiro atoms. The number of hydrogen-bond donors (Lipinski definition) is 1. The minimum Gasteiger partial charge on any atom is -0.311 e. The summed E-state index contributed by atoms with van der Waals surface area (Å²) in [5.74, 6) is 0. The highest BCUT2D eigenvalue weighted by Gasteiger charge is 2.32. The predicted molar refractivity (Wildman–Crippen MR) is 68.8 cm³/mol. The molecular formula is C13H27N3. The van der Waals surface area contributed by atoms with Gasteiger partial charge < -0.3 is 10.2 Å². The van der Waals surface area contributed by atoms with E-state index >= 15 is 0 Å². The molecule has 3 heteroatoms. The van der Waals surface area contributed by atoms with Crippen LogP contribution in [0.25, 0.3) is 0 Å². The van der Waals surface area contributed by atoms with Gasteiger partial charge in [0, 0.05) is 37.8 Å². The normalized spacial score (nSPS) is 32.1. The zero-order valence-electron chi connectivity index (χ0n) is 11.1. The molecule has 2 saturated heterocycles. The van der Waals surface area contributed by atoms with E-state index in [2.05, 4.69) is 35.9 Å². The molecule has 2 heterocycles. The molecule has 1 atom stereocenters. The number of nitrogens with zero attached hydrogens (tertiary/aromatic N) is 2. The highest BCUT2D eigenvalue weighted by atomic mass is 15.3. The van der Waals surface area contributed by atoms with Crippen LogP contribution in [0.4, 0.5) is 0 Å². The molecule has 1 unspecified atom stereocenters. The van der Waals surface area contributed by atoms with Gasteiger partial charge in [-0.15, -0.1) is 0 Å². The van der Waals surface area contributed by atoms with Crippen molar-refractivity contribution in [3.63, 3.8) is 0 Å². The average Bonchev–Trinajstić information content (AvgIpc) is 2.72. The lowest BCUT2D eigenvalue weighted by Crippen LogP contribution is -2.62. The monoisotopic (exact) mass is 225 g/mol. The van der Waals surface area contributed by atoms with E-state index in [1.165, 1.54) is 45.6 Å². The minimum atomic E-state index is 0.326. The van der Waals surface area contributed by atoms with Crippen molar-refractivity contribution < 1.29 is 0 Å². The maximum absolute atomic E-state index is 3.57. The van der Waals surface area contributed by atoms with Crippen molar-refractivity contribution >= 4 is 0 Å². The zero-order valence-corrected chi connectivity index (χ0v) is 11.1. The fraction of sp³-hybridized carbons (Fsp3) is 1.00. The number of rotatable bonds is 3. The van der Waals surface area contributed by atoms with E-state index < -0.39 is 0 Å². The van der Waals surface area contributed by atoms with Gasteiger partial charge in [-0.3, -0.25) is 4.90 Å². The molecule has 0 saturated carbocycles. The van der Waals surface area contributed by atoms with Gasteiger partial charge in [-0.1, -0.05) is 0 Å². The third-order valence-corrected chi connectivity index (χ3v) is 4.12.